The van der Waals surface area contributed by atoms with Crippen molar-refractivity contribution in [3.63, 3.8) is 0 Å². The number of pyridine rings is 1. The van der Waals surface area contributed by atoms with Gasteiger partial charge < -0.3 is 15.0 Å². The maximum atomic E-state index is 12.8. The van der Waals surface area contributed by atoms with E-state index in [2.05, 4.69) is 16.0 Å². The third-order valence-corrected chi connectivity index (χ3v) is 5.54. The SMILES string of the molecule is COc1cccc(CCn2ccc(-c3cc(-c4cccc(C#N)c4C)nc(N)n3)cc2=O)c1. The number of aryl methyl sites for hydroxylation is 2. The average molecular weight is 438 g/mol. The summed E-state index contributed by atoms with van der Waals surface area (Å²) in [7, 11) is 1.63. The van der Waals surface area contributed by atoms with Crippen LogP contribution in [0.15, 0.2) is 71.7 Å². The highest BCUT2D eigenvalue weighted by Crippen LogP contribution is 2.27. The fourth-order valence-corrected chi connectivity index (χ4v) is 3.72. The fourth-order valence-electron chi connectivity index (χ4n) is 3.72. The van der Waals surface area contributed by atoms with E-state index >= 15 is 0 Å². The number of nitrogen functional groups attached to an aromatic ring is 1. The van der Waals surface area contributed by atoms with Crippen LogP contribution < -0.4 is 16.0 Å². The third-order valence-electron chi connectivity index (χ3n) is 5.54. The van der Waals surface area contributed by atoms with E-state index in [0.717, 1.165) is 22.4 Å². The Labute approximate surface area is 191 Å². The first-order chi connectivity index (χ1) is 16.0. The third kappa shape index (κ3) is 4.75. The smallest absolute Gasteiger partial charge is 0.251 e. The van der Waals surface area contributed by atoms with Crippen molar-refractivity contribution in [2.75, 3.05) is 12.8 Å². The van der Waals surface area contributed by atoms with Gasteiger partial charge in [0.2, 0.25) is 5.95 Å². The van der Waals surface area contributed by atoms with Crippen LogP contribution in [0.1, 0.15) is 16.7 Å². The van der Waals surface area contributed by atoms with Gasteiger partial charge in [0.15, 0.2) is 0 Å². The maximum Gasteiger partial charge on any atom is 0.251 e. The monoisotopic (exact) mass is 437 g/mol. The molecule has 2 aromatic carbocycles. The molecular formula is C26H23N5O2. The Hall–Kier alpha value is -4.44. The van der Waals surface area contributed by atoms with Gasteiger partial charge in [0.1, 0.15) is 5.75 Å². The summed E-state index contributed by atoms with van der Waals surface area (Å²) in [6.45, 7) is 2.42. The van der Waals surface area contributed by atoms with Gasteiger partial charge in [-0.05, 0) is 54.8 Å². The summed E-state index contributed by atoms with van der Waals surface area (Å²) in [6, 6.07) is 20.6. The topological polar surface area (TPSA) is 107 Å². The molecule has 0 amide bonds. The number of ether oxygens (including phenoxy) is 1. The number of aromatic nitrogens is 3. The molecule has 0 bridgehead atoms. The number of anilines is 1. The molecule has 2 heterocycles. The number of nitrogens with two attached hydrogens (primary N) is 1. The molecule has 2 N–H and O–H groups in total. The zero-order valence-electron chi connectivity index (χ0n) is 18.4. The number of hydrogen-bond donors (Lipinski definition) is 1. The molecule has 0 fully saturated rings. The summed E-state index contributed by atoms with van der Waals surface area (Å²) < 4.78 is 6.92. The van der Waals surface area contributed by atoms with Crippen LogP contribution in [-0.4, -0.2) is 21.6 Å². The zero-order valence-corrected chi connectivity index (χ0v) is 18.4. The summed E-state index contributed by atoms with van der Waals surface area (Å²) >= 11 is 0. The predicted molar refractivity (Wildman–Crippen MR) is 128 cm³/mol. The maximum absolute atomic E-state index is 12.8. The Balaban J connectivity index is 1.62. The predicted octanol–water partition coefficient (Wildman–Crippen LogP) is 3.99. The lowest BCUT2D eigenvalue weighted by Crippen LogP contribution is -2.19. The minimum absolute atomic E-state index is 0.103. The second-order valence-corrected chi connectivity index (χ2v) is 7.64. The van der Waals surface area contributed by atoms with Crippen molar-refractivity contribution in [3.8, 4) is 34.3 Å². The van der Waals surface area contributed by atoms with Gasteiger partial charge in [0.25, 0.3) is 5.56 Å². The van der Waals surface area contributed by atoms with E-state index in [4.69, 9.17) is 10.5 Å². The summed E-state index contributed by atoms with van der Waals surface area (Å²) in [5, 5.41) is 9.33. The molecule has 0 unspecified atom stereocenters. The number of methoxy groups -OCH3 is 1. The molecule has 7 nitrogen and oxygen atoms in total. The van der Waals surface area contributed by atoms with Crippen molar-refractivity contribution in [2.45, 2.75) is 19.9 Å². The van der Waals surface area contributed by atoms with Crippen molar-refractivity contribution in [3.05, 3.63) is 93.9 Å². The van der Waals surface area contributed by atoms with Gasteiger partial charge in [-0.15, -0.1) is 0 Å². The second-order valence-electron chi connectivity index (χ2n) is 7.64. The Bertz CT molecular complexity index is 1420. The van der Waals surface area contributed by atoms with Gasteiger partial charge in [-0.25, -0.2) is 9.97 Å². The van der Waals surface area contributed by atoms with E-state index in [9.17, 15) is 10.1 Å². The molecule has 0 aliphatic rings. The van der Waals surface area contributed by atoms with Crippen molar-refractivity contribution in [2.24, 2.45) is 0 Å². The molecule has 0 spiro atoms. The average Bonchev–Trinajstić information content (AvgIpc) is 2.83. The van der Waals surface area contributed by atoms with E-state index in [-0.39, 0.29) is 11.5 Å². The normalized spacial score (nSPS) is 10.6. The van der Waals surface area contributed by atoms with E-state index in [1.807, 2.05) is 49.4 Å². The van der Waals surface area contributed by atoms with Gasteiger partial charge in [-0.2, -0.15) is 5.26 Å². The molecule has 0 saturated carbocycles. The van der Waals surface area contributed by atoms with Crippen LogP contribution >= 0.6 is 0 Å². The second kappa shape index (κ2) is 9.37. The van der Waals surface area contributed by atoms with E-state index in [1.165, 1.54) is 0 Å². The van der Waals surface area contributed by atoms with Crippen LogP contribution in [0.2, 0.25) is 0 Å². The van der Waals surface area contributed by atoms with E-state index < -0.39 is 0 Å². The Morgan fingerprint density at radius 2 is 1.85 bits per heavy atom. The minimum Gasteiger partial charge on any atom is -0.497 e. The van der Waals surface area contributed by atoms with Gasteiger partial charge in [0, 0.05) is 29.9 Å². The molecule has 2 aromatic heterocycles. The Morgan fingerprint density at radius 3 is 2.61 bits per heavy atom. The number of benzene rings is 2. The highest BCUT2D eigenvalue weighted by atomic mass is 16.5. The molecule has 164 valence electrons. The Kier molecular flexibility index (Phi) is 6.18. The van der Waals surface area contributed by atoms with E-state index in [1.54, 1.807) is 36.1 Å². The lowest BCUT2D eigenvalue weighted by Gasteiger charge is -2.11. The molecule has 0 atom stereocenters. The standard InChI is InChI=1S/C26H23N5O2/c1-17-20(16-27)6-4-8-22(17)24-15-23(29-26(28)30-24)19-10-12-31(25(32)14-19)11-9-18-5-3-7-21(13-18)33-2/h3-8,10,12-15H,9,11H2,1-2H3,(H2,28,29,30). The van der Waals surface area contributed by atoms with Crippen LogP contribution in [0.25, 0.3) is 22.5 Å². The van der Waals surface area contributed by atoms with Crippen molar-refractivity contribution >= 4 is 5.95 Å². The van der Waals surface area contributed by atoms with Crippen molar-refractivity contribution in [1.82, 2.24) is 14.5 Å². The number of nitrogens with zero attached hydrogens (tertiary/aromatic N) is 4. The van der Waals surface area contributed by atoms with Crippen LogP contribution in [-0.2, 0) is 13.0 Å². The van der Waals surface area contributed by atoms with Gasteiger partial charge in [-0.1, -0.05) is 24.3 Å². The molecule has 0 radical (unpaired) electrons. The highest BCUT2D eigenvalue weighted by Gasteiger charge is 2.12. The van der Waals surface area contributed by atoms with Gasteiger partial charge in [-0.3, -0.25) is 4.79 Å². The lowest BCUT2D eigenvalue weighted by atomic mass is 9.99. The molecule has 7 heteroatoms. The van der Waals surface area contributed by atoms with Crippen LogP contribution in [0.4, 0.5) is 5.95 Å². The first-order valence-electron chi connectivity index (χ1n) is 10.5. The molecule has 0 aliphatic heterocycles. The largest absolute Gasteiger partial charge is 0.497 e. The lowest BCUT2D eigenvalue weighted by molar-refractivity contribution is 0.414. The minimum atomic E-state index is -0.128. The van der Waals surface area contributed by atoms with Crippen molar-refractivity contribution in [1.29, 1.82) is 5.26 Å². The number of nitriles is 1. The first kappa shape index (κ1) is 21.8. The zero-order chi connectivity index (χ0) is 23.4. The molecule has 33 heavy (non-hydrogen) atoms. The number of hydrogen-bond acceptors (Lipinski definition) is 6. The molecule has 4 rings (SSSR count). The highest BCUT2D eigenvalue weighted by molar-refractivity contribution is 5.72. The quantitative estimate of drug-likeness (QED) is 0.489. The molecule has 4 aromatic rings. The summed E-state index contributed by atoms with van der Waals surface area (Å²) in [5.41, 5.74) is 10.9. The molecular weight excluding hydrogens is 414 g/mol. The number of rotatable bonds is 6. The fraction of sp³-hybridized carbons (Fsp3) is 0.154. The Morgan fingerprint density at radius 1 is 1.06 bits per heavy atom. The molecule has 0 saturated heterocycles. The van der Waals surface area contributed by atoms with Crippen LogP contribution in [0, 0.1) is 18.3 Å². The molecule has 0 aliphatic carbocycles. The van der Waals surface area contributed by atoms with Crippen LogP contribution in [0.3, 0.4) is 0 Å². The first-order valence-corrected chi connectivity index (χ1v) is 10.5. The summed E-state index contributed by atoms with van der Waals surface area (Å²) in [5.74, 6) is 0.898. The van der Waals surface area contributed by atoms with Gasteiger partial charge >= 0.3 is 0 Å². The van der Waals surface area contributed by atoms with Gasteiger partial charge in [0.05, 0.1) is 30.1 Å². The summed E-state index contributed by atoms with van der Waals surface area (Å²) in [6.07, 6.45) is 2.47. The summed E-state index contributed by atoms with van der Waals surface area (Å²) in [4.78, 5) is 21.4. The van der Waals surface area contributed by atoms with Crippen molar-refractivity contribution < 1.29 is 4.74 Å². The van der Waals surface area contributed by atoms with E-state index in [0.29, 0.717) is 35.5 Å². The van der Waals surface area contributed by atoms with Crippen LogP contribution in [0.5, 0.6) is 5.75 Å².